The Bertz CT molecular complexity index is 481. The van der Waals surface area contributed by atoms with Crippen LogP contribution in [-0.4, -0.2) is 30.3 Å². The number of carbonyl (C=O) groups excluding carboxylic acids is 2. The lowest BCUT2D eigenvalue weighted by Crippen LogP contribution is -2.48. The van der Waals surface area contributed by atoms with E-state index in [2.05, 4.69) is 5.32 Å². The van der Waals surface area contributed by atoms with E-state index in [1.165, 1.54) is 0 Å². The Morgan fingerprint density at radius 3 is 2.59 bits per heavy atom. The normalized spacial score (nSPS) is 26.6. The third kappa shape index (κ3) is 1.56. The number of nitrogens with zero attached hydrogens (tertiary/aromatic N) is 1. The third-order valence-corrected chi connectivity index (χ3v) is 3.56. The summed E-state index contributed by atoms with van der Waals surface area (Å²) in [4.78, 5) is 25.0. The highest BCUT2D eigenvalue weighted by molar-refractivity contribution is 6.02. The zero-order valence-corrected chi connectivity index (χ0v) is 9.64. The van der Waals surface area contributed by atoms with Gasteiger partial charge < -0.3 is 10.2 Å². The van der Waals surface area contributed by atoms with Crippen LogP contribution in [-0.2, 0) is 4.79 Å². The number of Topliss-reactive ketones (excluding diaryl/α,β-unsaturated/α-hetero) is 1. The van der Waals surface area contributed by atoms with Gasteiger partial charge in [0.2, 0.25) is 5.91 Å². The van der Waals surface area contributed by atoms with Gasteiger partial charge >= 0.3 is 0 Å². The lowest BCUT2D eigenvalue weighted by atomic mass is 10.1. The molecule has 1 aromatic rings. The van der Waals surface area contributed by atoms with Crippen molar-refractivity contribution in [2.24, 2.45) is 0 Å². The van der Waals surface area contributed by atoms with Crippen LogP contribution in [0.4, 0.5) is 5.69 Å². The average molecular weight is 230 g/mol. The first-order chi connectivity index (χ1) is 8.16. The number of nitrogens with one attached hydrogen (secondary N) is 1. The fourth-order valence-electron chi connectivity index (χ4n) is 2.64. The van der Waals surface area contributed by atoms with E-state index in [4.69, 9.17) is 0 Å². The Morgan fingerprint density at radius 2 is 2.06 bits per heavy atom. The number of piperazine rings is 1. The minimum Gasteiger partial charge on any atom is -0.307 e. The molecule has 0 saturated carbocycles. The number of ketones is 1. The molecule has 2 aliphatic rings. The Balaban J connectivity index is 1.90. The van der Waals surface area contributed by atoms with Crippen molar-refractivity contribution >= 4 is 17.4 Å². The molecule has 0 aliphatic carbocycles. The SMILES string of the molecule is CC(=O)c1ccc(N2C(=O)C3CC2CN3)cc1. The minimum atomic E-state index is -0.00696. The van der Waals surface area contributed by atoms with Crippen molar-refractivity contribution in [2.45, 2.75) is 25.4 Å². The van der Waals surface area contributed by atoms with E-state index in [0.717, 1.165) is 18.7 Å². The first-order valence-electron chi connectivity index (χ1n) is 5.84. The predicted molar refractivity (Wildman–Crippen MR) is 64.1 cm³/mol. The van der Waals surface area contributed by atoms with Gasteiger partial charge in [0.1, 0.15) is 0 Å². The van der Waals surface area contributed by atoms with Crippen molar-refractivity contribution in [3.63, 3.8) is 0 Å². The van der Waals surface area contributed by atoms with E-state index in [1.54, 1.807) is 19.1 Å². The van der Waals surface area contributed by atoms with Gasteiger partial charge in [-0.3, -0.25) is 9.59 Å². The second-order valence-electron chi connectivity index (χ2n) is 4.66. The number of fused-ring (bicyclic) bond motifs is 2. The summed E-state index contributed by atoms with van der Waals surface area (Å²) in [5, 5.41) is 3.19. The smallest absolute Gasteiger partial charge is 0.244 e. The van der Waals surface area contributed by atoms with Crippen molar-refractivity contribution < 1.29 is 9.59 Å². The Labute approximate surface area is 99.6 Å². The molecule has 88 valence electrons. The van der Waals surface area contributed by atoms with Crippen molar-refractivity contribution in [1.82, 2.24) is 5.32 Å². The molecule has 2 saturated heterocycles. The number of anilines is 1. The van der Waals surface area contributed by atoms with Crippen LogP contribution in [0.15, 0.2) is 24.3 Å². The van der Waals surface area contributed by atoms with Crippen LogP contribution in [0.5, 0.6) is 0 Å². The Morgan fingerprint density at radius 1 is 1.35 bits per heavy atom. The molecule has 2 atom stereocenters. The maximum absolute atomic E-state index is 12.0. The molecular weight excluding hydrogens is 216 g/mol. The standard InChI is InChI=1S/C13H14N2O2/c1-8(16)9-2-4-10(5-3-9)15-11-6-12(13(15)17)14-7-11/h2-5,11-12,14H,6-7H2,1H3. The van der Waals surface area contributed by atoms with Gasteiger partial charge in [-0.25, -0.2) is 0 Å². The second-order valence-corrected chi connectivity index (χ2v) is 4.66. The summed E-state index contributed by atoms with van der Waals surface area (Å²) < 4.78 is 0. The summed E-state index contributed by atoms with van der Waals surface area (Å²) in [6.45, 7) is 2.41. The van der Waals surface area contributed by atoms with Gasteiger partial charge in [-0.1, -0.05) is 0 Å². The molecule has 3 rings (SSSR count). The summed E-state index contributed by atoms with van der Waals surface area (Å²) in [5.41, 5.74) is 1.58. The Hall–Kier alpha value is -1.68. The molecule has 2 aliphatic heterocycles. The number of benzene rings is 1. The molecule has 2 fully saturated rings. The number of rotatable bonds is 2. The summed E-state index contributed by atoms with van der Waals surface area (Å²) in [6.07, 6.45) is 0.896. The van der Waals surface area contributed by atoms with E-state index in [-0.39, 0.29) is 23.8 Å². The summed E-state index contributed by atoms with van der Waals surface area (Å²) in [6, 6.07) is 7.54. The monoisotopic (exact) mass is 230 g/mol. The molecule has 2 heterocycles. The highest BCUT2D eigenvalue weighted by Gasteiger charge is 2.45. The molecule has 17 heavy (non-hydrogen) atoms. The quantitative estimate of drug-likeness (QED) is 0.770. The van der Waals surface area contributed by atoms with Crippen molar-refractivity contribution in [2.75, 3.05) is 11.4 Å². The summed E-state index contributed by atoms with van der Waals surface area (Å²) in [7, 11) is 0. The van der Waals surface area contributed by atoms with Crippen molar-refractivity contribution in [3.05, 3.63) is 29.8 Å². The first kappa shape index (κ1) is 10.5. The van der Waals surface area contributed by atoms with Crippen molar-refractivity contribution in [1.29, 1.82) is 0 Å². The third-order valence-electron chi connectivity index (χ3n) is 3.56. The lowest BCUT2D eigenvalue weighted by Gasteiger charge is -2.27. The molecule has 2 bridgehead atoms. The first-order valence-corrected chi connectivity index (χ1v) is 5.84. The van der Waals surface area contributed by atoms with E-state index in [9.17, 15) is 9.59 Å². The number of hydrogen-bond acceptors (Lipinski definition) is 3. The van der Waals surface area contributed by atoms with Gasteiger partial charge in [0.05, 0.1) is 12.1 Å². The number of amides is 1. The topological polar surface area (TPSA) is 49.4 Å². The summed E-state index contributed by atoms with van der Waals surface area (Å²) in [5.74, 6) is 0.198. The molecule has 0 aromatic heterocycles. The molecule has 0 radical (unpaired) electrons. The van der Waals surface area contributed by atoms with Crippen LogP contribution in [0.3, 0.4) is 0 Å². The zero-order valence-electron chi connectivity index (χ0n) is 9.64. The van der Waals surface area contributed by atoms with Gasteiger partial charge in [-0.05, 0) is 37.6 Å². The Kier molecular flexibility index (Phi) is 2.26. The molecule has 4 nitrogen and oxygen atoms in total. The maximum atomic E-state index is 12.0. The van der Waals surface area contributed by atoms with Gasteiger partial charge in [0, 0.05) is 17.8 Å². The lowest BCUT2D eigenvalue weighted by molar-refractivity contribution is -0.119. The predicted octanol–water partition coefficient (Wildman–Crippen LogP) is 0.966. The molecule has 4 heteroatoms. The molecule has 1 aromatic carbocycles. The van der Waals surface area contributed by atoms with Gasteiger partial charge in [-0.2, -0.15) is 0 Å². The van der Waals surface area contributed by atoms with E-state index in [1.807, 2.05) is 17.0 Å². The molecule has 2 unspecified atom stereocenters. The molecule has 1 N–H and O–H groups in total. The molecule has 0 spiro atoms. The van der Waals surface area contributed by atoms with Gasteiger partial charge in [-0.15, -0.1) is 0 Å². The number of carbonyl (C=O) groups is 2. The van der Waals surface area contributed by atoms with Crippen LogP contribution < -0.4 is 10.2 Å². The molecular formula is C13H14N2O2. The van der Waals surface area contributed by atoms with Crippen LogP contribution in [0.25, 0.3) is 0 Å². The van der Waals surface area contributed by atoms with Gasteiger partial charge in [0.15, 0.2) is 5.78 Å². The van der Waals surface area contributed by atoms with E-state index < -0.39 is 0 Å². The van der Waals surface area contributed by atoms with Crippen molar-refractivity contribution in [3.8, 4) is 0 Å². The van der Waals surface area contributed by atoms with Crippen LogP contribution in [0, 0.1) is 0 Å². The highest BCUT2D eigenvalue weighted by atomic mass is 16.2. The van der Waals surface area contributed by atoms with Crippen LogP contribution >= 0.6 is 0 Å². The number of hydrogen-bond donors (Lipinski definition) is 1. The second kappa shape index (κ2) is 3.67. The maximum Gasteiger partial charge on any atom is 0.244 e. The highest BCUT2D eigenvalue weighted by Crippen LogP contribution is 2.30. The van der Waals surface area contributed by atoms with Gasteiger partial charge in [0.25, 0.3) is 0 Å². The largest absolute Gasteiger partial charge is 0.307 e. The zero-order chi connectivity index (χ0) is 12.0. The van der Waals surface area contributed by atoms with E-state index >= 15 is 0 Å². The van der Waals surface area contributed by atoms with Crippen LogP contribution in [0.1, 0.15) is 23.7 Å². The fraction of sp³-hybridized carbons (Fsp3) is 0.385. The molecule has 1 amide bonds. The minimum absolute atomic E-state index is 0.00696. The fourth-order valence-corrected chi connectivity index (χ4v) is 2.64. The summed E-state index contributed by atoms with van der Waals surface area (Å²) >= 11 is 0. The van der Waals surface area contributed by atoms with E-state index in [0.29, 0.717) is 5.56 Å². The average Bonchev–Trinajstić information content (AvgIpc) is 2.89. The van der Waals surface area contributed by atoms with Crippen LogP contribution in [0.2, 0.25) is 0 Å².